The van der Waals surface area contributed by atoms with Gasteiger partial charge in [0.2, 0.25) is 0 Å². The van der Waals surface area contributed by atoms with E-state index >= 15 is 0 Å². The van der Waals surface area contributed by atoms with Crippen molar-refractivity contribution in [3.63, 3.8) is 0 Å². The van der Waals surface area contributed by atoms with Crippen LogP contribution < -0.4 is 5.32 Å². The second-order valence-corrected chi connectivity index (χ2v) is 5.63. The molecule has 4 heteroatoms. The summed E-state index contributed by atoms with van der Waals surface area (Å²) in [5, 5.41) is 3.96. The number of rotatable bonds is 6. The van der Waals surface area contributed by atoms with Crippen molar-refractivity contribution in [1.82, 2.24) is 5.32 Å². The van der Waals surface area contributed by atoms with Gasteiger partial charge in [0.1, 0.15) is 5.82 Å². The Bertz CT molecular complexity index is 359. The van der Waals surface area contributed by atoms with Gasteiger partial charge in [-0.1, -0.05) is 17.7 Å². The van der Waals surface area contributed by atoms with Gasteiger partial charge >= 0.3 is 0 Å². The lowest BCUT2D eigenvalue weighted by Gasteiger charge is -2.21. The molecule has 1 N–H and O–H groups in total. The van der Waals surface area contributed by atoms with Crippen LogP contribution in [0, 0.1) is 5.82 Å². The van der Waals surface area contributed by atoms with E-state index in [4.69, 9.17) is 11.6 Å². The lowest BCUT2D eigenvalue weighted by Crippen LogP contribution is -2.29. The van der Waals surface area contributed by atoms with E-state index in [-0.39, 0.29) is 11.9 Å². The Labute approximate surface area is 112 Å². The van der Waals surface area contributed by atoms with E-state index in [1.807, 2.05) is 11.8 Å². The molecule has 0 aliphatic rings. The van der Waals surface area contributed by atoms with Crippen LogP contribution in [0.3, 0.4) is 0 Å². The number of nitrogens with one attached hydrogen (secondary N) is 1. The summed E-state index contributed by atoms with van der Waals surface area (Å²) < 4.78 is 12.9. The van der Waals surface area contributed by atoms with E-state index in [2.05, 4.69) is 25.4 Å². The normalized spacial score (nSPS) is 14.6. The van der Waals surface area contributed by atoms with Crippen LogP contribution in [-0.4, -0.2) is 18.1 Å². The Balaban J connectivity index is 2.60. The molecule has 1 nitrogen and oxygen atoms in total. The lowest BCUT2D eigenvalue weighted by atomic mass is 10.1. The van der Waals surface area contributed by atoms with Gasteiger partial charge in [0.05, 0.1) is 0 Å². The van der Waals surface area contributed by atoms with Gasteiger partial charge in [-0.15, -0.1) is 0 Å². The van der Waals surface area contributed by atoms with Crippen molar-refractivity contribution >= 4 is 23.4 Å². The molecule has 0 saturated heterocycles. The Hall–Kier alpha value is -0.250. The summed E-state index contributed by atoms with van der Waals surface area (Å²) in [6, 6.07) is 5.13. The average Bonchev–Trinajstić information content (AvgIpc) is 2.26. The molecule has 96 valence electrons. The summed E-state index contributed by atoms with van der Waals surface area (Å²) in [5.41, 5.74) is 0.948. The van der Waals surface area contributed by atoms with Crippen LogP contribution in [0.25, 0.3) is 0 Å². The topological polar surface area (TPSA) is 12.0 Å². The third kappa shape index (κ3) is 4.86. The van der Waals surface area contributed by atoms with Crippen LogP contribution in [0.4, 0.5) is 4.39 Å². The van der Waals surface area contributed by atoms with Gasteiger partial charge in [-0.05, 0) is 50.0 Å². The SMILES string of the molecule is CSCCC(C)NC(C)c1ccc(F)cc1Cl. The Morgan fingerprint density at radius 1 is 1.41 bits per heavy atom. The second kappa shape index (κ2) is 7.24. The van der Waals surface area contributed by atoms with Crippen LogP contribution in [0.1, 0.15) is 31.9 Å². The minimum absolute atomic E-state index is 0.139. The summed E-state index contributed by atoms with van der Waals surface area (Å²) >= 11 is 7.87. The molecule has 0 heterocycles. The third-order valence-corrected chi connectivity index (χ3v) is 3.69. The van der Waals surface area contributed by atoms with E-state index < -0.39 is 0 Å². The van der Waals surface area contributed by atoms with Gasteiger partial charge in [0, 0.05) is 17.1 Å². The van der Waals surface area contributed by atoms with Crippen LogP contribution in [0.2, 0.25) is 5.02 Å². The molecule has 0 aliphatic heterocycles. The highest BCUT2D eigenvalue weighted by Gasteiger charge is 2.12. The van der Waals surface area contributed by atoms with Crippen LogP contribution in [0.15, 0.2) is 18.2 Å². The third-order valence-electron chi connectivity index (χ3n) is 2.72. The van der Waals surface area contributed by atoms with Crippen molar-refractivity contribution in [3.05, 3.63) is 34.6 Å². The molecular weight excluding hydrogens is 257 g/mol. The first kappa shape index (κ1) is 14.8. The fourth-order valence-corrected chi connectivity index (χ4v) is 2.67. The molecule has 0 bridgehead atoms. The fraction of sp³-hybridized carbons (Fsp3) is 0.538. The van der Waals surface area contributed by atoms with Gasteiger partial charge in [-0.25, -0.2) is 4.39 Å². The maximum Gasteiger partial charge on any atom is 0.124 e. The zero-order valence-electron chi connectivity index (χ0n) is 10.5. The molecule has 0 saturated carbocycles. The van der Waals surface area contributed by atoms with Gasteiger partial charge in [-0.3, -0.25) is 0 Å². The van der Waals surface area contributed by atoms with Gasteiger partial charge in [0.25, 0.3) is 0 Å². The molecule has 0 fully saturated rings. The molecule has 0 aromatic heterocycles. The van der Waals surface area contributed by atoms with Crippen LogP contribution >= 0.6 is 23.4 Å². The summed E-state index contributed by atoms with van der Waals surface area (Å²) in [7, 11) is 0. The Morgan fingerprint density at radius 3 is 2.71 bits per heavy atom. The summed E-state index contributed by atoms with van der Waals surface area (Å²) in [4.78, 5) is 0. The van der Waals surface area contributed by atoms with E-state index in [0.717, 1.165) is 17.7 Å². The number of thioether (sulfide) groups is 1. The fourth-order valence-electron chi connectivity index (χ4n) is 1.75. The number of halogens is 2. The van der Waals surface area contributed by atoms with E-state index in [1.165, 1.54) is 12.1 Å². The van der Waals surface area contributed by atoms with Crippen molar-refractivity contribution in [3.8, 4) is 0 Å². The summed E-state index contributed by atoms with van der Waals surface area (Å²) in [6.45, 7) is 4.21. The highest BCUT2D eigenvalue weighted by atomic mass is 35.5. The van der Waals surface area contributed by atoms with Crippen molar-refractivity contribution in [2.75, 3.05) is 12.0 Å². The molecule has 0 amide bonds. The van der Waals surface area contributed by atoms with Crippen LogP contribution in [0.5, 0.6) is 0 Å². The van der Waals surface area contributed by atoms with E-state index in [1.54, 1.807) is 6.07 Å². The zero-order valence-corrected chi connectivity index (χ0v) is 12.0. The number of hydrogen-bond acceptors (Lipinski definition) is 2. The van der Waals surface area contributed by atoms with Crippen molar-refractivity contribution in [2.24, 2.45) is 0 Å². The largest absolute Gasteiger partial charge is 0.308 e. The van der Waals surface area contributed by atoms with Crippen LogP contribution in [-0.2, 0) is 0 Å². The molecule has 0 radical (unpaired) electrons. The van der Waals surface area contributed by atoms with Gasteiger partial charge in [0.15, 0.2) is 0 Å². The first-order chi connectivity index (χ1) is 8.04. The van der Waals surface area contributed by atoms with Gasteiger partial charge in [-0.2, -0.15) is 11.8 Å². The maximum absolute atomic E-state index is 12.9. The number of hydrogen-bond donors (Lipinski definition) is 1. The molecule has 2 atom stereocenters. The monoisotopic (exact) mass is 275 g/mol. The quantitative estimate of drug-likeness (QED) is 0.832. The molecular formula is C13H19ClFNS. The van der Waals surface area contributed by atoms with Crippen molar-refractivity contribution < 1.29 is 4.39 Å². The smallest absolute Gasteiger partial charge is 0.124 e. The summed E-state index contributed by atoms with van der Waals surface area (Å²) in [6.07, 6.45) is 3.22. The Kier molecular flexibility index (Phi) is 6.31. The molecule has 1 aromatic carbocycles. The van der Waals surface area contributed by atoms with Gasteiger partial charge < -0.3 is 5.32 Å². The maximum atomic E-state index is 12.9. The molecule has 0 spiro atoms. The molecule has 2 unspecified atom stereocenters. The Morgan fingerprint density at radius 2 is 2.12 bits per heavy atom. The predicted molar refractivity (Wildman–Crippen MR) is 75.4 cm³/mol. The second-order valence-electron chi connectivity index (χ2n) is 4.24. The standard InChI is InChI=1S/C13H19ClFNS/c1-9(6-7-17-3)16-10(2)12-5-4-11(15)8-13(12)14/h4-5,8-10,16H,6-7H2,1-3H3. The molecule has 1 aromatic rings. The predicted octanol–water partition coefficient (Wildman–Crippen LogP) is 4.27. The highest BCUT2D eigenvalue weighted by Crippen LogP contribution is 2.24. The van der Waals surface area contributed by atoms with Crippen molar-refractivity contribution in [1.29, 1.82) is 0 Å². The molecule has 17 heavy (non-hydrogen) atoms. The van der Waals surface area contributed by atoms with Crippen molar-refractivity contribution in [2.45, 2.75) is 32.4 Å². The highest BCUT2D eigenvalue weighted by molar-refractivity contribution is 7.98. The minimum Gasteiger partial charge on any atom is -0.308 e. The first-order valence-corrected chi connectivity index (χ1v) is 7.51. The number of benzene rings is 1. The lowest BCUT2D eigenvalue weighted by molar-refractivity contribution is 0.471. The molecule has 0 aliphatic carbocycles. The average molecular weight is 276 g/mol. The summed E-state index contributed by atoms with van der Waals surface area (Å²) in [5.74, 6) is 0.847. The molecule has 1 rings (SSSR count). The van der Waals surface area contributed by atoms with E-state index in [9.17, 15) is 4.39 Å². The minimum atomic E-state index is -0.290. The first-order valence-electron chi connectivity index (χ1n) is 5.74. The zero-order chi connectivity index (χ0) is 12.8. The van der Waals surface area contributed by atoms with E-state index in [0.29, 0.717) is 11.1 Å².